The van der Waals surface area contributed by atoms with Gasteiger partial charge in [-0.2, -0.15) is 0 Å². The quantitative estimate of drug-likeness (QED) is 0.774. The van der Waals surface area contributed by atoms with E-state index in [4.69, 9.17) is 4.74 Å². The van der Waals surface area contributed by atoms with E-state index in [0.29, 0.717) is 39.1 Å². The molecule has 2 aromatic rings. The van der Waals surface area contributed by atoms with Crippen LogP contribution in [0.5, 0.6) is 0 Å². The highest BCUT2D eigenvalue weighted by Gasteiger charge is 2.44. The molecular weight excluding hydrogens is 372 g/mol. The normalized spacial score (nSPS) is 19.4. The minimum Gasteiger partial charge on any atom is -0.361 e. The number of rotatable bonds is 7. The Labute approximate surface area is 170 Å². The third-order valence-corrected chi connectivity index (χ3v) is 5.92. The second-order valence-corrected chi connectivity index (χ2v) is 8.07. The van der Waals surface area contributed by atoms with Crippen molar-refractivity contribution in [1.29, 1.82) is 0 Å². The van der Waals surface area contributed by atoms with E-state index >= 15 is 0 Å². The first-order chi connectivity index (χ1) is 13.6. The zero-order chi connectivity index (χ0) is 20.0. The lowest BCUT2D eigenvalue weighted by atomic mass is 9.90. The molecular formula is C22H28N2O3S. The zero-order valence-corrected chi connectivity index (χ0v) is 17.4. The number of carbonyl (C=O) groups is 2. The molecule has 0 unspecified atom stereocenters. The fourth-order valence-electron chi connectivity index (χ4n) is 3.57. The van der Waals surface area contributed by atoms with Gasteiger partial charge in [-0.05, 0) is 35.9 Å². The lowest BCUT2D eigenvalue weighted by Crippen LogP contribution is -2.62. The Morgan fingerprint density at radius 3 is 2.64 bits per heavy atom. The monoisotopic (exact) mass is 400 g/mol. The van der Waals surface area contributed by atoms with Crippen molar-refractivity contribution in [3.05, 3.63) is 47.3 Å². The summed E-state index contributed by atoms with van der Waals surface area (Å²) in [6.07, 6.45) is 1.75. The number of morpholine rings is 1. The molecule has 0 spiro atoms. The molecule has 150 valence electrons. The van der Waals surface area contributed by atoms with Gasteiger partial charge in [0.1, 0.15) is 0 Å². The van der Waals surface area contributed by atoms with E-state index < -0.39 is 5.60 Å². The number of nitrogens with zero attached hydrogens (tertiary/aromatic N) is 1. The van der Waals surface area contributed by atoms with E-state index in [2.05, 4.69) is 28.9 Å². The van der Waals surface area contributed by atoms with Crippen LogP contribution in [0.3, 0.4) is 0 Å². The largest absolute Gasteiger partial charge is 0.361 e. The number of ether oxygens (including phenoxy) is 1. The van der Waals surface area contributed by atoms with Crippen molar-refractivity contribution in [2.75, 3.05) is 26.2 Å². The van der Waals surface area contributed by atoms with E-state index in [9.17, 15) is 9.59 Å². The zero-order valence-electron chi connectivity index (χ0n) is 16.6. The lowest BCUT2D eigenvalue weighted by molar-refractivity contribution is -0.166. The Balaban J connectivity index is 1.81. The van der Waals surface area contributed by atoms with E-state index in [1.807, 2.05) is 32.0 Å². The van der Waals surface area contributed by atoms with Crippen molar-refractivity contribution >= 4 is 23.2 Å². The molecule has 2 heterocycles. The van der Waals surface area contributed by atoms with Crippen LogP contribution in [0, 0.1) is 0 Å². The third kappa shape index (κ3) is 4.62. The topological polar surface area (TPSA) is 58.6 Å². The Hall–Kier alpha value is -2.18. The molecule has 3 rings (SSSR count). The van der Waals surface area contributed by atoms with Crippen LogP contribution in [0.2, 0.25) is 0 Å². The number of hydrogen-bond acceptors (Lipinski definition) is 4. The molecule has 5 nitrogen and oxygen atoms in total. The van der Waals surface area contributed by atoms with E-state index in [1.54, 1.807) is 16.2 Å². The smallest absolute Gasteiger partial charge is 0.254 e. The van der Waals surface area contributed by atoms with Crippen molar-refractivity contribution in [2.45, 2.75) is 38.7 Å². The summed E-state index contributed by atoms with van der Waals surface area (Å²) in [5, 5.41) is 4.96. The molecule has 1 fully saturated rings. The minimum atomic E-state index is -1.04. The van der Waals surface area contributed by atoms with Crippen LogP contribution in [-0.4, -0.2) is 48.6 Å². The number of carbonyl (C=O) groups excluding carboxylic acids is 2. The number of benzene rings is 1. The molecule has 2 amide bonds. The molecule has 1 N–H and O–H groups in total. The molecule has 1 aromatic carbocycles. The first kappa shape index (κ1) is 20.6. The molecule has 6 heteroatoms. The predicted octanol–water partition coefficient (Wildman–Crippen LogP) is 3.49. The van der Waals surface area contributed by atoms with Gasteiger partial charge in [0.05, 0.1) is 13.2 Å². The maximum Gasteiger partial charge on any atom is 0.254 e. The van der Waals surface area contributed by atoms with E-state index in [0.717, 1.165) is 17.5 Å². The van der Waals surface area contributed by atoms with Gasteiger partial charge < -0.3 is 15.0 Å². The van der Waals surface area contributed by atoms with Crippen LogP contribution in [0.1, 0.15) is 32.3 Å². The molecule has 0 saturated carbocycles. The summed E-state index contributed by atoms with van der Waals surface area (Å²) in [5.41, 5.74) is 1.15. The van der Waals surface area contributed by atoms with Crippen LogP contribution in [0.15, 0.2) is 41.8 Å². The average Bonchev–Trinajstić information content (AvgIpc) is 3.24. The summed E-state index contributed by atoms with van der Waals surface area (Å²) in [4.78, 5) is 28.4. The SMILES string of the molecule is CCCC(=O)N1CCO[C@@](Cc2ccc(-c3cccs3)cc2)(C(=O)NCC)C1. The van der Waals surface area contributed by atoms with Crippen molar-refractivity contribution in [3.8, 4) is 10.4 Å². The Bertz CT molecular complexity index is 789. The Kier molecular flexibility index (Phi) is 6.86. The van der Waals surface area contributed by atoms with Gasteiger partial charge >= 0.3 is 0 Å². The van der Waals surface area contributed by atoms with Gasteiger partial charge in [-0.1, -0.05) is 37.3 Å². The van der Waals surface area contributed by atoms with Gasteiger partial charge in [0, 0.05) is 30.8 Å². The van der Waals surface area contributed by atoms with Crippen LogP contribution in [-0.2, 0) is 20.7 Å². The first-order valence-corrected chi connectivity index (χ1v) is 10.8. The van der Waals surface area contributed by atoms with Crippen molar-refractivity contribution in [2.24, 2.45) is 0 Å². The molecule has 1 aromatic heterocycles. The number of thiophene rings is 1. The third-order valence-electron chi connectivity index (χ3n) is 5.00. The van der Waals surface area contributed by atoms with E-state index in [-0.39, 0.29) is 11.8 Å². The molecule has 1 atom stereocenters. The second kappa shape index (κ2) is 9.34. The molecule has 1 aliphatic heterocycles. The van der Waals surface area contributed by atoms with Crippen LogP contribution in [0.4, 0.5) is 0 Å². The van der Waals surface area contributed by atoms with Gasteiger partial charge in [0.2, 0.25) is 5.91 Å². The first-order valence-electron chi connectivity index (χ1n) is 9.91. The molecule has 0 radical (unpaired) electrons. The second-order valence-electron chi connectivity index (χ2n) is 7.12. The van der Waals surface area contributed by atoms with Gasteiger partial charge in [0.25, 0.3) is 5.91 Å². The van der Waals surface area contributed by atoms with Crippen LogP contribution in [0.25, 0.3) is 10.4 Å². The number of nitrogens with one attached hydrogen (secondary N) is 1. The lowest BCUT2D eigenvalue weighted by Gasteiger charge is -2.41. The Morgan fingerprint density at radius 2 is 2.00 bits per heavy atom. The average molecular weight is 401 g/mol. The van der Waals surface area contributed by atoms with Gasteiger partial charge in [-0.25, -0.2) is 0 Å². The summed E-state index contributed by atoms with van der Waals surface area (Å²) < 4.78 is 6.04. The molecule has 0 bridgehead atoms. The molecule has 0 aliphatic carbocycles. The maximum atomic E-state index is 12.9. The summed E-state index contributed by atoms with van der Waals surface area (Å²) in [5.74, 6) is -0.0566. The summed E-state index contributed by atoms with van der Waals surface area (Å²) in [6.45, 7) is 5.63. The highest BCUT2D eigenvalue weighted by molar-refractivity contribution is 7.13. The predicted molar refractivity (Wildman–Crippen MR) is 112 cm³/mol. The summed E-state index contributed by atoms with van der Waals surface area (Å²) >= 11 is 1.70. The van der Waals surface area contributed by atoms with E-state index in [1.165, 1.54) is 4.88 Å². The fourth-order valence-corrected chi connectivity index (χ4v) is 4.31. The highest BCUT2D eigenvalue weighted by atomic mass is 32.1. The number of likely N-dealkylation sites (N-methyl/N-ethyl adjacent to an activating group) is 1. The van der Waals surface area contributed by atoms with Gasteiger partial charge in [-0.15, -0.1) is 11.3 Å². The fraction of sp³-hybridized carbons (Fsp3) is 0.455. The van der Waals surface area contributed by atoms with Crippen LogP contribution < -0.4 is 5.32 Å². The number of amides is 2. The Morgan fingerprint density at radius 1 is 1.21 bits per heavy atom. The standard InChI is InChI=1S/C22H28N2O3S/c1-3-6-20(25)24-12-13-27-22(16-24,21(26)23-4-2)15-17-8-10-18(11-9-17)19-7-5-14-28-19/h5,7-11,14H,3-4,6,12-13,15-16H2,1-2H3,(H,23,26)/t22-/m1/s1. The van der Waals surface area contributed by atoms with Gasteiger partial charge in [0.15, 0.2) is 5.60 Å². The molecule has 1 aliphatic rings. The van der Waals surface area contributed by atoms with Crippen LogP contribution >= 0.6 is 11.3 Å². The van der Waals surface area contributed by atoms with Gasteiger partial charge in [-0.3, -0.25) is 9.59 Å². The molecule has 1 saturated heterocycles. The maximum absolute atomic E-state index is 12.9. The van der Waals surface area contributed by atoms with Crippen molar-refractivity contribution < 1.29 is 14.3 Å². The summed E-state index contributed by atoms with van der Waals surface area (Å²) in [7, 11) is 0. The number of hydrogen-bond donors (Lipinski definition) is 1. The van der Waals surface area contributed by atoms with Crippen molar-refractivity contribution in [1.82, 2.24) is 10.2 Å². The summed E-state index contributed by atoms with van der Waals surface area (Å²) in [6, 6.07) is 12.4. The highest BCUT2D eigenvalue weighted by Crippen LogP contribution is 2.28. The minimum absolute atomic E-state index is 0.0903. The van der Waals surface area contributed by atoms with Crippen molar-refractivity contribution in [3.63, 3.8) is 0 Å². The molecule has 28 heavy (non-hydrogen) atoms.